The summed E-state index contributed by atoms with van der Waals surface area (Å²) in [7, 11) is 0. The first-order chi connectivity index (χ1) is 17.8. The van der Waals surface area contributed by atoms with Crippen LogP contribution in [0.4, 0.5) is 0 Å². The zero-order valence-corrected chi connectivity index (χ0v) is 19.2. The minimum Gasteiger partial charge on any atom is -0.264 e. The van der Waals surface area contributed by atoms with Crippen molar-refractivity contribution in [1.29, 1.82) is 0 Å². The number of aromatic nitrogens is 6. The van der Waals surface area contributed by atoms with Gasteiger partial charge in [-0.1, -0.05) is 36.4 Å². The summed E-state index contributed by atoms with van der Waals surface area (Å²) in [5.41, 5.74) is 8.35. The van der Waals surface area contributed by atoms with Crippen molar-refractivity contribution < 1.29 is 0 Å². The molecule has 0 radical (unpaired) electrons. The number of hydrogen-bond acceptors (Lipinski definition) is 6. The molecule has 6 aromatic heterocycles. The second-order valence-electron chi connectivity index (χ2n) is 8.11. The van der Waals surface area contributed by atoms with E-state index in [0.717, 1.165) is 56.7 Å². The fraction of sp³-hybridized carbons (Fsp3) is 0. The summed E-state index contributed by atoms with van der Waals surface area (Å²) in [5.74, 6) is 0. The molecule has 0 saturated carbocycles. The van der Waals surface area contributed by atoms with Gasteiger partial charge in [0.1, 0.15) is 0 Å². The first-order valence-corrected chi connectivity index (χ1v) is 11.5. The van der Waals surface area contributed by atoms with E-state index >= 15 is 0 Å². The van der Waals surface area contributed by atoms with Crippen molar-refractivity contribution in [3.8, 4) is 56.7 Å². The van der Waals surface area contributed by atoms with E-state index in [1.807, 2.05) is 109 Å². The molecule has 0 bridgehead atoms. The van der Waals surface area contributed by atoms with Gasteiger partial charge in [-0.05, 0) is 60.7 Å². The lowest BCUT2D eigenvalue weighted by atomic mass is 10.1. The van der Waals surface area contributed by atoms with Crippen molar-refractivity contribution in [3.05, 3.63) is 122 Å². The largest absolute Gasteiger partial charge is 0.264 e. The maximum atomic E-state index is 4.86. The van der Waals surface area contributed by atoms with Crippen molar-refractivity contribution in [2.24, 2.45) is 0 Å². The average molecular weight is 465 g/mol. The molecule has 0 aliphatic heterocycles. The van der Waals surface area contributed by atoms with E-state index in [0.29, 0.717) is 0 Å². The molecule has 0 unspecified atom stereocenters. The van der Waals surface area contributed by atoms with Gasteiger partial charge in [0, 0.05) is 35.9 Å². The van der Waals surface area contributed by atoms with E-state index in [9.17, 15) is 0 Å². The average Bonchev–Trinajstić information content (AvgIpc) is 2.98. The van der Waals surface area contributed by atoms with Crippen LogP contribution in [-0.4, -0.2) is 29.9 Å². The monoisotopic (exact) mass is 464 g/mol. The smallest absolute Gasteiger partial charge is 0.0894 e. The summed E-state index contributed by atoms with van der Waals surface area (Å²) in [4.78, 5) is 27.7. The highest BCUT2D eigenvalue weighted by atomic mass is 14.8. The Kier molecular flexibility index (Phi) is 5.74. The maximum absolute atomic E-state index is 4.86. The zero-order valence-electron chi connectivity index (χ0n) is 19.2. The second-order valence-corrected chi connectivity index (χ2v) is 8.11. The quantitative estimate of drug-likeness (QED) is 0.294. The van der Waals surface area contributed by atoms with Gasteiger partial charge in [0.2, 0.25) is 0 Å². The van der Waals surface area contributed by atoms with Crippen LogP contribution >= 0.6 is 0 Å². The fourth-order valence-electron chi connectivity index (χ4n) is 3.92. The first kappa shape index (κ1) is 21.4. The summed E-state index contributed by atoms with van der Waals surface area (Å²) >= 11 is 0. The van der Waals surface area contributed by atoms with Crippen molar-refractivity contribution >= 4 is 0 Å². The van der Waals surface area contributed by atoms with Gasteiger partial charge in [-0.2, -0.15) is 0 Å². The van der Waals surface area contributed by atoms with Gasteiger partial charge >= 0.3 is 0 Å². The molecule has 6 heteroatoms. The molecule has 0 aromatic carbocycles. The van der Waals surface area contributed by atoms with Gasteiger partial charge in [-0.3, -0.25) is 15.0 Å². The van der Waals surface area contributed by atoms with Crippen molar-refractivity contribution in [3.63, 3.8) is 0 Å². The van der Waals surface area contributed by atoms with Gasteiger partial charge in [0.05, 0.1) is 45.6 Å². The van der Waals surface area contributed by atoms with Crippen LogP contribution in [0.2, 0.25) is 0 Å². The minimum absolute atomic E-state index is 0.770. The Morgan fingerprint density at radius 1 is 0.333 bits per heavy atom. The lowest BCUT2D eigenvalue weighted by molar-refractivity contribution is 1.20. The van der Waals surface area contributed by atoms with E-state index in [1.54, 1.807) is 12.4 Å². The summed E-state index contributed by atoms with van der Waals surface area (Å²) in [6, 6.07) is 31.4. The predicted molar refractivity (Wildman–Crippen MR) is 140 cm³/mol. The van der Waals surface area contributed by atoms with Crippen LogP contribution in [-0.2, 0) is 0 Å². The molecule has 0 aliphatic rings. The molecular weight excluding hydrogens is 444 g/mol. The molecular formula is C30H20N6. The molecule has 6 aromatic rings. The van der Waals surface area contributed by atoms with Crippen LogP contribution in [0.5, 0.6) is 0 Å². The highest BCUT2D eigenvalue weighted by Crippen LogP contribution is 2.25. The molecule has 0 amide bonds. The molecule has 36 heavy (non-hydrogen) atoms. The Labute approximate surface area is 208 Å². The minimum atomic E-state index is 0.770. The normalized spacial score (nSPS) is 10.8. The standard InChI is InChI=1S/C30H20N6/c1-2-18-32-23(8-1)25-9-3-11-27(34-25)29-13-5-14-30(36-29)28-12-4-10-26(35-28)24-16-15-22(20-33-24)21-7-6-17-31-19-21/h1-20H. The van der Waals surface area contributed by atoms with E-state index < -0.39 is 0 Å². The highest BCUT2D eigenvalue weighted by Gasteiger charge is 2.10. The third-order valence-corrected chi connectivity index (χ3v) is 5.72. The lowest BCUT2D eigenvalue weighted by Gasteiger charge is -2.08. The van der Waals surface area contributed by atoms with Gasteiger partial charge < -0.3 is 0 Å². The topological polar surface area (TPSA) is 77.3 Å². The fourth-order valence-corrected chi connectivity index (χ4v) is 3.92. The van der Waals surface area contributed by atoms with Gasteiger partial charge in [-0.15, -0.1) is 0 Å². The number of pyridine rings is 6. The molecule has 0 saturated heterocycles. The summed E-state index contributed by atoms with van der Waals surface area (Å²) in [6.07, 6.45) is 7.20. The zero-order chi connectivity index (χ0) is 24.2. The van der Waals surface area contributed by atoms with Crippen LogP contribution in [0.3, 0.4) is 0 Å². The Hall–Kier alpha value is -5.10. The third-order valence-electron chi connectivity index (χ3n) is 5.72. The van der Waals surface area contributed by atoms with Crippen LogP contribution in [0.1, 0.15) is 0 Å². The lowest BCUT2D eigenvalue weighted by Crippen LogP contribution is -1.95. The molecule has 0 N–H and O–H groups in total. The van der Waals surface area contributed by atoms with Crippen LogP contribution in [0.25, 0.3) is 56.7 Å². The highest BCUT2D eigenvalue weighted by molar-refractivity contribution is 5.68. The third kappa shape index (κ3) is 4.48. The van der Waals surface area contributed by atoms with Crippen LogP contribution in [0, 0.1) is 0 Å². The van der Waals surface area contributed by atoms with Gasteiger partial charge in [0.25, 0.3) is 0 Å². The van der Waals surface area contributed by atoms with Crippen molar-refractivity contribution in [2.75, 3.05) is 0 Å². The van der Waals surface area contributed by atoms with Crippen molar-refractivity contribution in [1.82, 2.24) is 29.9 Å². The van der Waals surface area contributed by atoms with Gasteiger partial charge in [-0.25, -0.2) is 15.0 Å². The van der Waals surface area contributed by atoms with Gasteiger partial charge in [0.15, 0.2) is 0 Å². The molecule has 0 aliphatic carbocycles. The Balaban J connectivity index is 1.30. The Morgan fingerprint density at radius 2 is 0.861 bits per heavy atom. The number of hydrogen-bond donors (Lipinski definition) is 0. The summed E-state index contributed by atoms with van der Waals surface area (Å²) in [5, 5.41) is 0. The molecule has 6 heterocycles. The van der Waals surface area contributed by atoms with E-state index in [4.69, 9.17) is 15.0 Å². The number of rotatable bonds is 5. The van der Waals surface area contributed by atoms with Crippen LogP contribution < -0.4 is 0 Å². The first-order valence-electron chi connectivity index (χ1n) is 11.5. The van der Waals surface area contributed by atoms with Crippen LogP contribution in [0.15, 0.2) is 122 Å². The molecule has 170 valence electrons. The molecule has 0 spiro atoms. The molecule has 0 fully saturated rings. The Bertz CT molecular complexity index is 1620. The van der Waals surface area contributed by atoms with E-state index in [-0.39, 0.29) is 0 Å². The SMILES string of the molecule is c1ccc(-c2cccc(-c3cccc(-c4cccc(-c5ccc(-c6cccnc6)cn5)n4)n3)n2)nc1. The van der Waals surface area contributed by atoms with E-state index in [2.05, 4.69) is 15.0 Å². The molecule has 6 nitrogen and oxygen atoms in total. The summed E-state index contributed by atoms with van der Waals surface area (Å²) < 4.78 is 0. The Morgan fingerprint density at radius 3 is 1.33 bits per heavy atom. The maximum Gasteiger partial charge on any atom is 0.0894 e. The molecule has 0 atom stereocenters. The van der Waals surface area contributed by atoms with Crippen molar-refractivity contribution in [2.45, 2.75) is 0 Å². The predicted octanol–water partition coefficient (Wildman–Crippen LogP) is 6.39. The second kappa shape index (κ2) is 9.64. The molecule has 6 rings (SSSR count). The van der Waals surface area contributed by atoms with E-state index in [1.165, 1.54) is 0 Å². The summed E-state index contributed by atoms with van der Waals surface area (Å²) in [6.45, 7) is 0. The number of nitrogens with zero attached hydrogens (tertiary/aromatic N) is 6.